The Kier molecular flexibility index (Phi) is 5.63. The molecule has 0 saturated heterocycles. The van der Waals surface area contributed by atoms with Crippen LogP contribution in [-0.2, 0) is 13.1 Å². The Morgan fingerprint density at radius 2 is 1.60 bits per heavy atom. The van der Waals surface area contributed by atoms with Gasteiger partial charge in [0.15, 0.2) is 0 Å². The number of nitrogens with zero attached hydrogens (tertiary/aromatic N) is 1. The van der Waals surface area contributed by atoms with Gasteiger partial charge in [0.1, 0.15) is 0 Å². The van der Waals surface area contributed by atoms with Gasteiger partial charge in [-0.05, 0) is 36.2 Å². The van der Waals surface area contributed by atoms with E-state index in [1.165, 1.54) is 23.2 Å². The molecule has 2 nitrogen and oxygen atoms in total. The predicted octanol–water partition coefficient (Wildman–Crippen LogP) is 3.82. The number of hydrogen-bond donors (Lipinski definition) is 1. The summed E-state index contributed by atoms with van der Waals surface area (Å²) in [7, 11) is 2.14. The van der Waals surface area contributed by atoms with Gasteiger partial charge in [-0.3, -0.25) is 0 Å². The van der Waals surface area contributed by atoms with Gasteiger partial charge in [-0.1, -0.05) is 49.4 Å². The molecule has 0 heterocycles. The first-order valence-electron chi connectivity index (χ1n) is 7.34. The molecule has 0 aliphatic heterocycles. The average Bonchev–Trinajstić information content (AvgIpc) is 2.49. The van der Waals surface area contributed by atoms with Crippen LogP contribution in [0.25, 0.3) is 0 Å². The zero-order valence-corrected chi connectivity index (χ0v) is 12.5. The summed E-state index contributed by atoms with van der Waals surface area (Å²) in [6.07, 6.45) is 1.18. The molecule has 0 atom stereocenters. The molecule has 0 aliphatic carbocycles. The molecule has 2 heteroatoms. The van der Waals surface area contributed by atoms with Crippen molar-refractivity contribution in [3.05, 3.63) is 65.7 Å². The topological polar surface area (TPSA) is 15.3 Å². The van der Waals surface area contributed by atoms with E-state index >= 15 is 0 Å². The molecule has 2 aromatic rings. The molecule has 106 valence electrons. The van der Waals surface area contributed by atoms with Crippen molar-refractivity contribution in [1.29, 1.82) is 0 Å². The van der Waals surface area contributed by atoms with Gasteiger partial charge in [0.2, 0.25) is 0 Å². The zero-order valence-electron chi connectivity index (χ0n) is 12.5. The van der Waals surface area contributed by atoms with E-state index < -0.39 is 0 Å². The summed E-state index contributed by atoms with van der Waals surface area (Å²) in [5.74, 6) is 0. The normalized spacial score (nSPS) is 10.5. The highest BCUT2D eigenvalue weighted by atomic mass is 15.1. The number of hydrogen-bond acceptors (Lipinski definition) is 2. The Balaban J connectivity index is 1.92. The lowest BCUT2D eigenvalue weighted by atomic mass is 10.1. The molecule has 0 saturated carbocycles. The molecule has 0 amide bonds. The smallest absolute Gasteiger partial charge is 0.0426 e. The number of nitrogens with one attached hydrogen (secondary N) is 1. The van der Waals surface area contributed by atoms with Crippen LogP contribution in [0.3, 0.4) is 0 Å². The molecule has 0 spiro atoms. The maximum Gasteiger partial charge on any atom is 0.0426 e. The first-order valence-corrected chi connectivity index (χ1v) is 7.34. The van der Waals surface area contributed by atoms with Crippen LogP contribution in [0.4, 0.5) is 5.69 Å². The van der Waals surface area contributed by atoms with E-state index in [2.05, 4.69) is 78.8 Å². The summed E-state index contributed by atoms with van der Waals surface area (Å²) in [6, 6.07) is 19.4. The van der Waals surface area contributed by atoms with Crippen LogP contribution in [0.5, 0.6) is 0 Å². The number of anilines is 1. The van der Waals surface area contributed by atoms with Gasteiger partial charge in [0.05, 0.1) is 0 Å². The highest BCUT2D eigenvalue weighted by Gasteiger charge is 2.02. The standard InChI is InChI=1S/C18H24N2/c1-3-13-19-14-16-9-11-18(12-10-16)20(2)15-17-7-5-4-6-8-17/h4-12,19H,3,13-15H2,1-2H3. The minimum absolute atomic E-state index is 0.939. The van der Waals surface area contributed by atoms with Crippen molar-refractivity contribution in [2.75, 3.05) is 18.5 Å². The molecule has 20 heavy (non-hydrogen) atoms. The quantitative estimate of drug-likeness (QED) is 0.768. The predicted molar refractivity (Wildman–Crippen MR) is 87.0 cm³/mol. The molecule has 0 unspecified atom stereocenters. The van der Waals surface area contributed by atoms with Crippen molar-refractivity contribution in [2.45, 2.75) is 26.4 Å². The molecule has 0 fully saturated rings. The van der Waals surface area contributed by atoms with Gasteiger partial charge in [0.25, 0.3) is 0 Å². The Morgan fingerprint density at radius 1 is 0.900 bits per heavy atom. The van der Waals surface area contributed by atoms with Gasteiger partial charge in [-0.25, -0.2) is 0 Å². The third-order valence-corrected chi connectivity index (χ3v) is 3.40. The maximum absolute atomic E-state index is 3.43. The van der Waals surface area contributed by atoms with Crippen LogP contribution in [0, 0.1) is 0 Å². The Morgan fingerprint density at radius 3 is 2.25 bits per heavy atom. The molecule has 0 radical (unpaired) electrons. The lowest BCUT2D eigenvalue weighted by molar-refractivity contribution is 0.675. The van der Waals surface area contributed by atoms with Gasteiger partial charge in [-0.2, -0.15) is 0 Å². The first kappa shape index (κ1) is 14.6. The summed E-state index contributed by atoms with van der Waals surface area (Å²) in [4.78, 5) is 2.28. The molecule has 0 bridgehead atoms. The van der Waals surface area contributed by atoms with Crippen molar-refractivity contribution in [1.82, 2.24) is 5.32 Å². The Bertz CT molecular complexity index is 491. The fourth-order valence-corrected chi connectivity index (χ4v) is 2.23. The van der Waals surface area contributed by atoms with Gasteiger partial charge in [0, 0.05) is 25.8 Å². The van der Waals surface area contributed by atoms with Gasteiger partial charge < -0.3 is 10.2 Å². The van der Waals surface area contributed by atoms with Crippen molar-refractivity contribution >= 4 is 5.69 Å². The third-order valence-electron chi connectivity index (χ3n) is 3.40. The molecular formula is C18H24N2. The third kappa shape index (κ3) is 4.39. The fraction of sp³-hybridized carbons (Fsp3) is 0.333. The zero-order chi connectivity index (χ0) is 14.2. The molecule has 1 N–H and O–H groups in total. The highest BCUT2D eigenvalue weighted by Crippen LogP contribution is 2.16. The lowest BCUT2D eigenvalue weighted by Gasteiger charge is -2.19. The molecule has 0 aliphatic rings. The van der Waals surface area contributed by atoms with E-state index in [-0.39, 0.29) is 0 Å². The van der Waals surface area contributed by atoms with Crippen molar-refractivity contribution in [2.24, 2.45) is 0 Å². The van der Waals surface area contributed by atoms with E-state index in [9.17, 15) is 0 Å². The van der Waals surface area contributed by atoms with E-state index in [0.717, 1.165) is 19.6 Å². The first-order chi connectivity index (χ1) is 9.79. The highest BCUT2D eigenvalue weighted by molar-refractivity contribution is 5.47. The molecule has 0 aromatic heterocycles. The maximum atomic E-state index is 3.43. The second kappa shape index (κ2) is 7.71. The average molecular weight is 268 g/mol. The monoisotopic (exact) mass is 268 g/mol. The second-order valence-electron chi connectivity index (χ2n) is 5.18. The van der Waals surface area contributed by atoms with Crippen molar-refractivity contribution < 1.29 is 0 Å². The number of rotatable bonds is 7. The molecule has 2 rings (SSSR count). The summed E-state index contributed by atoms with van der Waals surface area (Å²) < 4.78 is 0. The van der Waals surface area contributed by atoms with E-state index in [0.29, 0.717) is 0 Å². The van der Waals surface area contributed by atoms with Crippen LogP contribution >= 0.6 is 0 Å². The van der Waals surface area contributed by atoms with Crippen LogP contribution in [-0.4, -0.2) is 13.6 Å². The Labute approximate surface area is 122 Å². The number of benzene rings is 2. The summed E-state index contributed by atoms with van der Waals surface area (Å²) in [6.45, 7) is 5.16. The van der Waals surface area contributed by atoms with E-state index in [1.54, 1.807) is 0 Å². The second-order valence-corrected chi connectivity index (χ2v) is 5.18. The largest absolute Gasteiger partial charge is 0.370 e. The molecular weight excluding hydrogens is 244 g/mol. The van der Waals surface area contributed by atoms with Crippen molar-refractivity contribution in [3.8, 4) is 0 Å². The van der Waals surface area contributed by atoms with Crippen LogP contribution in [0.2, 0.25) is 0 Å². The minimum atomic E-state index is 0.939. The summed E-state index contributed by atoms with van der Waals surface area (Å²) in [5, 5.41) is 3.43. The lowest BCUT2D eigenvalue weighted by Crippen LogP contribution is -2.17. The summed E-state index contributed by atoms with van der Waals surface area (Å²) >= 11 is 0. The Hall–Kier alpha value is -1.80. The SMILES string of the molecule is CCCNCc1ccc(N(C)Cc2ccccc2)cc1. The van der Waals surface area contributed by atoms with Crippen molar-refractivity contribution in [3.63, 3.8) is 0 Å². The summed E-state index contributed by atoms with van der Waals surface area (Å²) in [5.41, 5.74) is 3.94. The fourth-order valence-electron chi connectivity index (χ4n) is 2.23. The van der Waals surface area contributed by atoms with Gasteiger partial charge >= 0.3 is 0 Å². The van der Waals surface area contributed by atoms with E-state index in [1.807, 2.05) is 0 Å². The minimum Gasteiger partial charge on any atom is -0.370 e. The van der Waals surface area contributed by atoms with E-state index in [4.69, 9.17) is 0 Å². The van der Waals surface area contributed by atoms with Gasteiger partial charge in [-0.15, -0.1) is 0 Å². The van der Waals surface area contributed by atoms with Crippen LogP contribution < -0.4 is 10.2 Å². The van der Waals surface area contributed by atoms with Crippen LogP contribution in [0.15, 0.2) is 54.6 Å². The van der Waals surface area contributed by atoms with Crippen LogP contribution in [0.1, 0.15) is 24.5 Å². The molecule has 2 aromatic carbocycles.